The van der Waals surface area contributed by atoms with Crippen LogP contribution in [0, 0.1) is 0 Å². The lowest BCUT2D eigenvalue weighted by Crippen LogP contribution is -2.24. The lowest BCUT2D eigenvalue weighted by molar-refractivity contribution is 0.254. The number of nitrogens with one attached hydrogen (secondary N) is 2. The number of aromatic nitrogens is 2. The van der Waals surface area contributed by atoms with Gasteiger partial charge in [-0.15, -0.1) is 10.2 Å². The normalized spacial score (nSPS) is 17.1. The molecule has 6 heteroatoms. The fourth-order valence-electron chi connectivity index (χ4n) is 1.96. The van der Waals surface area contributed by atoms with Gasteiger partial charge in [-0.25, -0.2) is 4.79 Å². The molecule has 2 N–H and O–H groups in total. The van der Waals surface area contributed by atoms with Crippen molar-refractivity contribution >= 4 is 22.5 Å². The molecule has 16 heavy (non-hydrogen) atoms. The van der Waals surface area contributed by atoms with E-state index in [0.29, 0.717) is 11.0 Å². The number of anilines is 1. The maximum Gasteiger partial charge on any atom is 0.320 e. The second-order valence-electron chi connectivity index (χ2n) is 3.98. The fraction of sp³-hybridized carbons (Fsp3) is 0.700. The van der Waals surface area contributed by atoms with Crippen LogP contribution in [0.5, 0.6) is 0 Å². The van der Waals surface area contributed by atoms with Crippen LogP contribution in [0.15, 0.2) is 0 Å². The molecule has 1 fully saturated rings. The predicted octanol–water partition coefficient (Wildman–Crippen LogP) is 2.34. The maximum atomic E-state index is 11.1. The average Bonchev–Trinajstić information content (AvgIpc) is 2.78. The highest BCUT2D eigenvalue weighted by Crippen LogP contribution is 2.34. The van der Waals surface area contributed by atoms with Gasteiger partial charge in [-0.1, -0.05) is 30.6 Å². The average molecular weight is 240 g/mol. The first kappa shape index (κ1) is 11.3. The van der Waals surface area contributed by atoms with Gasteiger partial charge in [0, 0.05) is 13.0 Å². The lowest BCUT2D eigenvalue weighted by atomic mass is 9.90. The van der Waals surface area contributed by atoms with Crippen molar-refractivity contribution in [2.24, 2.45) is 0 Å². The number of nitrogens with zero attached hydrogens (tertiary/aromatic N) is 2. The molecule has 0 aromatic carbocycles. The molecule has 88 valence electrons. The Balaban J connectivity index is 1.98. The monoisotopic (exact) mass is 240 g/mol. The van der Waals surface area contributed by atoms with Crippen LogP contribution < -0.4 is 10.6 Å². The van der Waals surface area contributed by atoms with Gasteiger partial charge in [0.25, 0.3) is 0 Å². The molecule has 0 aliphatic heterocycles. The number of amides is 2. The van der Waals surface area contributed by atoms with E-state index < -0.39 is 0 Å². The summed E-state index contributed by atoms with van der Waals surface area (Å²) in [4.78, 5) is 11.1. The topological polar surface area (TPSA) is 66.9 Å². The van der Waals surface area contributed by atoms with E-state index in [0.717, 1.165) is 5.01 Å². The molecule has 1 aromatic rings. The third kappa shape index (κ3) is 2.69. The molecule has 1 aromatic heterocycles. The van der Waals surface area contributed by atoms with Gasteiger partial charge in [-0.2, -0.15) is 0 Å². The molecule has 0 unspecified atom stereocenters. The van der Waals surface area contributed by atoms with Gasteiger partial charge in [0.15, 0.2) is 0 Å². The van der Waals surface area contributed by atoms with Crippen molar-refractivity contribution in [1.82, 2.24) is 15.5 Å². The van der Waals surface area contributed by atoms with Crippen LogP contribution in [-0.4, -0.2) is 23.3 Å². The molecule has 0 spiro atoms. The number of rotatable bonds is 2. The van der Waals surface area contributed by atoms with Crippen LogP contribution in [0.4, 0.5) is 9.93 Å². The zero-order valence-corrected chi connectivity index (χ0v) is 10.1. The first-order valence-electron chi connectivity index (χ1n) is 5.61. The van der Waals surface area contributed by atoms with Crippen molar-refractivity contribution in [3.8, 4) is 0 Å². The zero-order chi connectivity index (χ0) is 11.4. The van der Waals surface area contributed by atoms with Crippen molar-refractivity contribution in [2.75, 3.05) is 12.4 Å². The van der Waals surface area contributed by atoms with Crippen molar-refractivity contribution in [3.05, 3.63) is 5.01 Å². The molecule has 0 radical (unpaired) electrons. The number of hydrogen-bond acceptors (Lipinski definition) is 4. The maximum absolute atomic E-state index is 11.1. The third-order valence-corrected chi connectivity index (χ3v) is 3.84. The van der Waals surface area contributed by atoms with E-state index in [1.165, 1.54) is 43.4 Å². The van der Waals surface area contributed by atoms with Gasteiger partial charge in [-0.3, -0.25) is 5.32 Å². The third-order valence-electron chi connectivity index (χ3n) is 2.84. The standard InChI is InChI=1S/C10H16N4OS/c1-11-9(15)12-10-14-13-8(16-10)7-5-3-2-4-6-7/h7H,2-6H2,1H3,(H2,11,12,14,15). The Hall–Kier alpha value is -1.17. The van der Waals surface area contributed by atoms with Crippen LogP contribution in [0.3, 0.4) is 0 Å². The minimum atomic E-state index is -0.244. The van der Waals surface area contributed by atoms with Gasteiger partial charge in [0.05, 0.1) is 0 Å². The van der Waals surface area contributed by atoms with E-state index in [-0.39, 0.29) is 6.03 Å². The molecular formula is C10H16N4OS. The quantitative estimate of drug-likeness (QED) is 0.833. The van der Waals surface area contributed by atoms with Crippen LogP contribution >= 0.6 is 11.3 Å². The second kappa shape index (κ2) is 5.25. The molecule has 0 atom stereocenters. The van der Waals surface area contributed by atoms with Gasteiger partial charge in [0.1, 0.15) is 5.01 Å². The van der Waals surface area contributed by atoms with Crippen molar-refractivity contribution < 1.29 is 4.79 Å². The Morgan fingerprint density at radius 2 is 2.06 bits per heavy atom. The van der Waals surface area contributed by atoms with E-state index in [4.69, 9.17) is 0 Å². The number of carbonyl (C=O) groups excluding carboxylic acids is 1. The molecule has 1 aliphatic rings. The van der Waals surface area contributed by atoms with Crippen LogP contribution in [0.1, 0.15) is 43.0 Å². The summed E-state index contributed by atoms with van der Waals surface area (Å²) in [7, 11) is 1.58. The fourth-order valence-corrected chi connectivity index (χ4v) is 2.87. The van der Waals surface area contributed by atoms with Crippen molar-refractivity contribution in [3.63, 3.8) is 0 Å². The van der Waals surface area contributed by atoms with E-state index >= 15 is 0 Å². The Labute approximate surface area is 98.7 Å². The summed E-state index contributed by atoms with van der Waals surface area (Å²) in [6, 6.07) is -0.244. The summed E-state index contributed by atoms with van der Waals surface area (Å²) in [5, 5.41) is 14.9. The summed E-state index contributed by atoms with van der Waals surface area (Å²) in [5.74, 6) is 0.548. The Bertz CT molecular complexity index is 359. The van der Waals surface area contributed by atoms with Crippen LogP contribution in [-0.2, 0) is 0 Å². The highest BCUT2D eigenvalue weighted by atomic mass is 32.1. The SMILES string of the molecule is CNC(=O)Nc1nnc(C2CCCCC2)s1. The lowest BCUT2D eigenvalue weighted by Gasteiger charge is -2.18. The molecule has 1 aliphatic carbocycles. The van der Waals surface area contributed by atoms with Crippen LogP contribution in [0.2, 0.25) is 0 Å². The minimum Gasteiger partial charge on any atom is -0.341 e. The summed E-state index contributed by atoms with van der Waals surface area (Å²) in [6.45, 7) is 0. The molecule has 5 nitrogen and oxygen atoms in total. The molecular weight excluding hydrogens is 224 g/mol. The molecule has 2 amide bonds. The predicted molar refractivity (Wildman–Crippen MR) is 63.8 cm³/mol. The van der Waals surface area contributed by atoms with E-state index in [9.17, 15) is 4.79 Å². The summed E-state index contributed by atoms with van der Waals surface area (Å²) >= 11 is 1.49. The molecule has 1 saturated carbocycles. The number of hydrogen-bond donors (Lipinski definition) is 2. The zero-order valence-electron chi connectivity index (χ0n) is 9.32. The number of urea groups is 1. The van der Waals surface area contributed by atoms with Crippen molar-refractivity contribution in [1.29, 1.82) is 0 Å². The summed E-state index contributed by atoms with van der Waals surface area (Å²) in [6.07, 6.45) is 6.30. The highest BCUT2D eigenvalue weighted by Gasteiger charge is 2.19. The minimum absolute atomic E-state index is 0.244. The van der Waals surface area contributed by atoms with Gasteiger partial charge >= 0.3 is 6.03 Å². The van der Waals surface area contributed by atoms with E-state index in [2.05, 4.69) is 20.8 Å². The van der Waals surface area contributed by atoms with Gasteiger partial charge in [0.2, 0.25) is 5.13 Å². The molecule has 0 saturated heterocycles. The van der Waals surface area contributed by atoms with Crippen molar-refractivity contribution in [2.45, 2.75) is 38.0 Å². The molecule has 2 rings (SSSR count). The van der Waals surface area contributed by atoms with Crippen LogP contribution in [0.25, 0.3) is 0 Å². The molecule has 0 bridgehead atoms. The smallest absolute Gasteiger partial charge is 0.320 e. The van der Waals surface area contributed by atoms with Gasteiger partial charge in [-0.05, 0) is 12.8 Å². The summed E-state index contributed by atoms with van der Waals surface area (Å²) < 4.78 is 0. The Kier molecular flexibility index (Phi) is 3.71. The highest BCUT2D eigenvalue weighted by molar-refractivity contribution is 7.15. The Morgan fingerprint density at radius 1 is 1.31 bits per heavy atom. The van der Waals surface area contributed by atoms with E-state index in [1.54, 1.807) is 7.05 Å². The second-order valence-corrected chi connectivity index (χ2v) is 4.99. The first-order valence-corrected chi connectivity index (χ1v) is 6.43. The number of carbonyl (C=O) groups is 1. The molecule has 1 heterocycles. The first-order chi connectivity index (χ1) is 7.79. The summed E-state index contributed by atoms with van der Waals surface area (Å²) in [5.41, 5.74) is 0. The largest absolute Gasteiger partial charge is 0.341 e. The Morgan fingerprint density at radius 3 is 2.75 bits per heavy atom. The van der Waals surface area contributed by atoms with E-state index in [1.807, 2.05) is 0 Å². The van der Waals surface area contributed by atoms with Gasteiger partial charge < -0.3 is 5.32 Å².